The van der Waals surface area contributed by atoms with Crippen molar-refractivity contribution in [2.75, 3.05) is 31.5 Å². The van der Waals surface area contributed by atoms with E-state index >= 15 is 0 Å². The number of nitrogens with zero attached hydrogens (tertiary/aromatic N) is 2. The Balaban J connectivity index is 1.35. The Morgan fingerprint density at radius 3 is 2.43 bits per heavy atom. The van der Waals surface area contributed by atoms with Gasteiger partial charge in [-0.2, -0.15) is 0 Å². The van der Waals surface area contributed by atoms with Crippen LogP contribution in [0, 0.1) is 0 Å². The molecule has 1 N–H and O–H groups in total. The van der Waals surface area contributed by atoms with Gasteiger partial charge in [0.05, 0.1) is 10.0 Å². The lowest BCUT2D eigenvalue weighted by molar-refractivity contribution is 0.177. The molecule has 0 spiro atoms. The molecule has 3 nitrogen and oxygen atoms in total. The van der Waals surface area contributed by atoms with Crippen molar-refractivity contribution in [3.63, 3.8) is 0 Å². The highest BCUT2D eigenvalue weighted by Gasteiger charge is 2.19. The molecule has 1 heterocycles. The van der Waals surface area contributed by atoms with Crippen LogP contribution in [0.5, 0.6) is 0 Å². The molecule has 0 unspecified atom stereocenters. The molecule has 3 aromatic carbocycles. The van der Waals surface area contributed by atoms with Gasteiger partial charge in [0.1, 0.15) is 0 Å². The second-order valence-corrected chi connectivity index (χ2v) is 8.16. The predicted molar refractivity (Wildman–Crippen MR) is 123 cm³/mol. The van der Waals surface area contributed by atoms with Gasteiger partial charge in [0.15, 0.2) is 5.11 Å². The predicted octanol–water partition coefficient (Wildman–Crippen LogP) is 5.66. The zero-order valence-electron chi connectivity index (χ0n) is 15.4. The van der Waals surface area contributed by atoms with Crippen molar-refractivity contribution in [2.45, 2.75) is 6.54 Å². The molecule has 0 bridgehead atoms. The summed E-state index contributed by atoms with van der Waals surface area (Å²) in [6.07, 6.45) is 0. The van der Waals surface area contributed by atoms with Crippen LogP contribution in [0.1, 0.15) is 5.56 Å². The van der Waals surface area contributed by atoms with Crippen molar-refractivity contribution in [2.24, 2.45) is 0 Å². The maximum atomic E-state index is 6.09. The van der Waals surface area contributed by atoms with E-state index in [0.29, 0.717) is 10.0 Å². The third-order valence-corrected chi connectivity index (χ3v) is 6.20. The van der Waals surface area contributed by atoms with E-state index in [0.717, 1.165) is 43.5 Å². The normalized spacial score (nSPS) is 15.0. The second kappa shape index (κ2) is 8.66. The largest absolute Gasteiger partial charge is 0.346 e. The standard InChI is InChI=1S/C22H21Cl2N3S/c23-20-9-8-18(14-21(20)24)25-22(28)27-12-10-26(11-13-27)15-17-6-3-5-16-4-1-2-7-19(16)17/h1-9,14H,10-13,15H2,(H,25,28). The van der Waals surface area contributed by atoms with Crippen molar-refractivity contribution >= 4 is 57.0 Å². The van der Waals surface area contributed by atoms with E-state index in [2.05, 4.69) is 57.6 Å². The van der Waals surface area contributed by atoms with E-state index in [-0.39, 0.29) is 0 Å². The summed E-state index contributed by atoms with van der Waals surface area (Å²) in [5.41, 5.74) is 2.24. The molecule has 1 aliphatic heterocycles. The van der Waals surface area contributed by atoms with Crippen molar-refractivity contribution in [3.05, 3.63) is 76.3 Å². The highest BCUT2D eigenvalue weighted by atomic mass is 35.5. The molecule has 0 saturated carbocycles. The van der Waals surface area contributed by atoms with Crippen molar-refractivity contribution in [1.82, 2.24) is 9.80 Å². The first kappa shape index (κ1) is 19.5. The molecule has 1 fully saturated rings. The lowest BCUT2D eigenvalue weighted by Crippen LogP contribution is -2.49. The average molecular weight is 430 g/mol. The number of benzene rings is 3. The van der Waals surface area contributed by atoms with Gasteiger partial charge in [-0.3, -0.25) is 4.90 Å². The number of nitrogens with one attached hydrogen (secondary N) is 1. The second-order valence-electron chi connectivity index (χ2n) is 6.96. The summed E-state index contributed by atoms with van der Waals surface area (Å²) >= 11 is 17.6. The number of thiocarbonyl (C=S) groups is 1. The summed E-state index contributed by atoms with van der Waals surface area (Å²) < 4.78 is 0. The summed E-state index contributed by atoms with van der Waals surface area (Å²) in [4.78, 5) is 4.69. The Kier molecular flexibility index (Phi) is 6.02. The fourth-order valence-electron chi connectivity index (χ4n) is 3.56. The molecule has 28 heavy (non-hydrogen) atoms. The van der Waals surface area contributed by atoms with Crippen LogP contribution in [0.15, 0.2) is 60.7 Å². The third kappa shape index (κ3) is 4.41. The molecule has 0 amide bonds. The van der Waals surface area contributed by atoms with E-state index in [1.165, 1.54) is 16.3 Å². The molecule has 0 radical (unpaired) electrons. The molecule has 6 heteroatoms. The van der Waals surface area contributed by atoms with Crippen LogP contribution < -0.4 is 5.32 Å². The summed E-state index contributed by atoms with van der Waals surface area (Å²) in [5.74, 6) is 0. The van der Waals surface area contributed by atoms with E-state index in [1.807, 2.05) is 6.07 Å². The zero-order valence-corrected chi connectivity index (χ0v) is 17.7. The van der Waals surface area contributed by atoms with Gasteiger partial charge in [-0.15, -0.1) is 0 Å². The van der Waals surface area contributed by atoms with Gasteiger partial charge in [0.2, 0.25) is 0 Å². The monoisotopic (exact) mass is 429 g/mol. The van der Waals surface area contributed by atoms with Crippen LogP contribution in [0.4, 0.5) is 5.69 Å². The molecule has 0 aromatic heterocycles. The van der Waals surface area contributed by atoms with Crippen LogP contribution in [0.25, 0.3) is 10.8 Å². The van der Waals surface area contributed by atoms with E-state index in [9.17, 15) is 0 Å². The fraction of sp³-hybridized carbons (Fsp3) is 0.227. The highest BCUT2D eigenvalue weighted by Crippen LogP contribution is 2.25. The number of rotatable bonds is 3. The van der Waals surface area contributed by atoms with Crippen LogP contribution >= 0.6 is 35.4 Å². The first-order valence-corrected chi connectivity index (χ1v) is 10.5. The van der Waals surface area contributed by atoms with Crippen molar-refractivity contribution in [1.29, 1.82) is 0 Å². The first-order chi connectivity index (χ1) is 13.6. The Morgan fingerprint density at radius 1 is 0.893 bits per heavy atom. The summed E-state index contributed by atoms with van der Waals surface area (Å²) in [5, 5.41) is 7.69. The molecule has 1 aliphatic rings. The van der Waals surface area contributed by atoms with Crippen LogP contribution in [0.3, 0.4) is 0 Å². The Labute approximate surface area is 180 Å². The first-order valence-electron chi connectivity index (χ1n) is 9.30. The van der Waals surface area contributed by atoms with Gasteiger partial charge in [0.25, 0.3) is 0 Å². The minimum Gasteiger partial charge on any atom is -0.346 e. The molecular formula is C22H21Cl2N3S. The van der Waals surface area contributed by atoms with Gasteiger partial charge in [-0.1, -0.05) is 65.7 Å². The molecule has 144 valence electrons. The van der Waals surface area contributed by atoms with E-state index < -0.39 is 0 Å². The number of anilines is 1. The highest BCUT2D eigenvalue weighted by molar-refractivity contribution is 7.80. The van der Waals surface area contributed by atoms with Gasteiger partial charge >= 0.3 is 0 Å². The number of fused-ring (bicyclic) bond motifs is 1. The molecule has 3 aromatic rings. The van der Waals surface area contributed by atoms with Gasteiger partial charge in [0, 0.05) is 38.4 Å². The van der Waals surface area contributed by atoms with Crippen molar-refractivity contribution < 1.29 is 0 Å². The molecular weight excluding hydrogens is 409 g/mol. The van der Waals surface area contributed by atoms with Gasteiger partial charge < -0.3 is 10.2 Å². The van der Waals surface area contributed by atoms with Gasteiger partial charge in [-0.05, 0) is 46.8 Å². The third-order valence-electron chi connectivity index (χ3n) is 5.10. The quantitative estimate of drug-likeness (QED) is 0.540. The molecule has 1 saturated heterocycles. The smallest absolute Gasteiger partial charge is 0.173 e. The average Bonchev–Trinajstić information content (AvgIpc) is 2.71. The Hall–Kier alpha value is -1.85. The van der Waals surface area contributed by atoms with Gasteiger partial charge in [-0.25, -0.2) is 0 Å². The zero-order chi connectivity index (χ0) is 19.5. The molecule has 0 aliphatic carbocycles. The number of hydrogen-bond acceptors (Lipinski definition) is 2. The lowest BCUT2D eigenvalue weighted by Gasteiger charge is -2.36. The Bertz CT molecular complexity index is 995. The number of hydrogen-bond donors (Lipinski definition) is 1. The SMILES string of the molecule is S=C(Nc1ccc(Cl)c(Cl)c1)N1CCN(Cc2cccc3ccccc23)CC1. The fourth-order valence-corrected chi connectivity index (χ4v) is 4.16. The summed E-state index contributed by atoms with van der Waals surface area (Å²) in [7, 11) is 0. The Morgan fingerprint density at radius 2 is 1.64 bits per heavy atom. The minimum atomic E-state index is 0.523. The maximum absolute atomic E-state index is 6.09. The van der Waals surface area contributed by atoms with Crippen LogP contribution in [0.2, 0.25) is 10.0 Å². The minimum absolute atomic E-state index is 0.523. The summed E-state index contributed by atoms with van der Waals surface area (Å²) in [6.45, 7) is 4.72. The van der Waals surface area contributed by atoms with E-state index in [4.69, 9.17) is 35.4 Å². The van der Waals surface area contributed by atoms with E-state index in [1.54, 1.807) is 12.1 Å². The lowest BCUT2D eigenvalue weighted by atomic mass is 10.0. The van der Waals surface area contributed by atoms with Crippen LogP contribution in [-0.4, -0.2) is 41.1 Å². The topological polar surface area (TPSA) is 18.5 Å². The van der Waals surface area contributed by atoms with Crippen molar-refractivity contribution in [3.8, 4) is 0 Å². The maximum Gasteiger partial charge on any atom is 0.173 e. The van der Waals surface area contributed by atoms with Crippen LogP contribution in [-0.2, 0) is 6.54 Å². The molecule has 0 atom stereocenters. The number of piperazine rings is 1. The summed E-state index contributed by atoms with van der Waals surface area (Å²) in [6, 6.07) is 20.6. The molecule has 4 rings (SSSR count). The number of halogens is 2.